The lowest BCUT2D eigenvalue weighted by atomic mass is 9.33. The molecule has 4 fully saturated rings. The largest absolute Gasteiger partial charge is 0.463 e. The number of rotatable bonds is 3. The Hall–Kier alpha value is -1.12. The van der Waals surface area contributed by atoms with E-state index < -0.39 is 0 Å². The van der Waals surface area contributed by atoms with E-state index in [0.717, 1.165) is 18.8 Å². The van der Waals surface area contributed by atoms with Crippen LogP contribution in [0.1, 0.15) is 113 Å². The van der Waals surface area contributed by atoms with Crippen LogP contribution in [0.3, 0.4) is 0 Å². The first-order chi connectivity index (χ1) is 15.8. The van der Waals surface area contributed by atoms with Crippen molar-refractivity contribution in [1.29, 1.82) is 0 Å². The molecule has 0 bridgehead atoms. The quantitative estimate of drug-likeness (QED) is 0.402. The van der Waals surface area contributed by atoms with Crippen molar-refractivity contribution in [1.82, 2.24) is 0 Å². The van der Waals surface area contributed by atoms with Gasteiger partial charge in [-0.05, 0) is 123 Å². The summed E-state index contributed by atoms with van der Waals surface area (Å²) in [6, 6.07) is 0. The molecular weight excluding hydrogens is 420 g/mol. The normalized spacial score (nSPS) is 47.2. The molecule has 0 heterocycles. The maximum atomic E-state index is 12.6. The summed E-state index contributed by atoms with van der Waals surface area (Å²) < 4.78 is 5.56. The lowest BCUT2D eigenvalue weighted by Crippen LogP contribution is -2.64. The molecule has 4 saturated carbocycles. The van der Waals surface area contributed by atoms with Crippen LogP contribution in [0.5, 0.6) is 0 Å². The summed E-state index contributed by atoms with van der Waals surface area (Å²) in [6.07, 6.45) is 13.4. The highest BCUT2D eigenvalue weighted by Gasteiger charge is 2.68. The third-order valence-electron chi connectivity index (χ3n) is 12.6. The molecule has 0 N–H and O–H groups in total. The van der Waals surface area contributed by atoms with Crippen LogP contribution in [0.15, 0.2) is 11.6 Å². The van der Waals surface area contributed by atoms with Gasteiger partial charge in [0.1, 0.15) is 0 Å². The summed E-state index contributed by atoms with van der Waals surface area (Å²) in [5.41, 5.74) is 2.65. The van der Waals surface area contributed by atoms with Crippen LogP contribution >= 0.6 is 0 Å². The van der Waals surface area contributed by atoms with Crippen LogP contribution in [0, 0.1) is 51.2 Å². The molecule has 8 atom stereocenters. The Balaban J connectivity index is 1.43. The lowest BCUT2D eigenvalue weighted by molar-refractivity contribution is -0.219. The predicted octanol–water partition coefficient (Wildman–Crippen LogP) is 7.53. The number of esters is 1. The monoisotopic (exact) mass is 468 g/mol. The maximum absolute atomic E-state index is 12.6. The average molecular weight is 469 g/mol. The number of allylic oxidation sites excluding steroid dienone is 2. The van der Waals surface area contributed by atoms with Gasteiger partial charge in [0, 0.05) is 12.8 Å². The van der Waals surface area contributed by atoms with Gasteiger partial charge in [0.2, 0.25) is 0 Å². The molecule has 0 spiro atoms. The van der Waals surface area contributed by atoms with Crippen molar-refractivity contribution in [2.45, 2.75) is 119 Å². The van der Waals surface area contributed by atoms with Gasteiger partial charge in [0.15, 0.2) is 5.78 Å². The van der Waals surface area contributed by atoms with Crippen LogP contribution < -0.4 is 0 Å². The Morgan fingerprint density at radius 1 is 0.941 bits per heavy atom. The van der Waals surface area contributed by atoms with Crippen LogP contribution in [0.25, 0.3) is 0 Å². The molecule has 0 aromatic rings. The summed E-state index contributed by atoms with van der Waals surface area (Å²) in [5.74, 6) is 3.32. The molecule has 5 aliphatic carbocycles. The van der Waals surface area contributed by atoms with E-state index in [4.69, 9.17) is 4.74 Å². The van der Waals surface area contributed by atoms with E-state index in [9.17, 15) is 9.59 Å². The summed E-state index contributed by atoms with van der Waals surface area (Å²) in [4.78, 5) is 24.9. The number of carbonyl (C=O) groups excluding carboxylic acids is 2. The zero-order valence-electron chi connectivity index (χ0n) is 22.8. The van der Waals surface area contributed by atoms with Crippen molar-refractivity contribution in [3.8, 4) is 0 Å². The van der Waals surface area contributed by atoms with Gasteiger partial charge < -0.3 is 4.74 Å². The lowest BCUT2D eigenvalue weighted by Gasteiger charge is -2.71. The molecule has 3 nitrogen and oxygen atoms in total. The highest BCUT2D eigenvalue weighted by molar-refractivity contribution is 5.93. The molecule has 8 unspecified atom stereocenters. The number of ketones is 1. The van der Waals surface area contributed by atoms with Crippen LogP contribution in [-0.2, 0) is 14.3 Å². The van der Waals surface area contributed by atoms with Crippen LogP contribution in [0.2, 0.25) is 0 Å². The van der Waals surface area contributed by atoms with Gasteiger partial charge in [-0.1, -0.05) is 40.2 Å². The Labute approximate surface area is 207 Å². The van der Waals surface area contributed by atoms with Crippen molar-refractivity contribution in [3.05, 3.63) is 11.6 Å². The SMILES string of the molecule is CC(C)OC(=O)CC1CCC2(C)C(CCC3(C)C2CCC2C4=CC(=O)CC4CCC23C)C1(C)C. The van der Waals surface area contributed by atoms with Gasteiger partial charge in [-0.25, -0.2) is 0 Å². The first-order valence-electron chi connectivity index (χ1n) is 14.3. The van der Waals surface area contributed by atoms with Crippen molar-refractivity contribution in [2.75, 3.05) is 0 Å². The first kappa shape index (κ1) is 24.6. The molecule has 0 aromatic heterocycles. The Morgan fingerprint density at radius 3 is 2.35 bits per heavy atom. The van der Waals surface area contributed by atoms with Crippen molar-refractivity contribution in [2.24, 2.45) is 51.2 Å². The van der Waals surface area contributed by atoms with Gasteiger partial charge in [0.25, 0.3) is 0 Å². The number of hydrogen-bond acceptors (Lipinski definition) is 3. The van der Waals surface area contributed by atoms with E-state index in [1.54, 1.807) is 0 Å². The smallest absolute Gasteiger partial charge is 0.306 e. The van der Waals surface area contributed by atoms with E-state index in [2.05, 4.69) is 40.7 Å². The molecule has 5 aliphatic rings. The zero-order chi connectivity index (χ0) is 24.7. The van der Waals surface area contributed by atoms with Gasteiger partial charge in [-0.2, -0.15) is 0 Å². The second-order valence-corrected chi connectivity index (χ2v) is 14.5. The Bertz CT molecular complexity index is 898. The minimum atomic E-state index is -0.0313. The van der Waals surface area contributed by atoms with Gasteiger partial charge >= 0.3 is 5.97 Å². The zero-order valence-corrected chi connectivity index (χ0v) is 22.8. The van der Waals surface area contributed by atoms with E-state index >= 15 is 0 Å². The molecule has 0 aliphatic heterocycles. The molecule has 5 rings (SSSR count). The fourth-order valence-corrected chi connectivity index (χ4v) is 10.7. The van der Waals surface area contributed by atoms with Crippen LogP contribution in [0.4, 0.5) is 0 Å². The molecule has 3 heteroatoms. The highest BCUT2D eigenvalue weighted by atomic mass is 16.5. The maximum Gasteiger partial charge on any atom is 0.306 e. The number of carbonyl (C=O) groups is 2. The number of fused-ring (bicyclic) bond motifs is 7. The topological polar surface area (TPSA) is 43.4 Å². The molecule has 0 saturated heterocycles. The van der Waals surface area contributed by atoms with E-state index in [-0.39, 0.29) is 17.5 Å². The number of ether oxygens (including phenoxy) is 1. The standard InChI is InChI=1S/C31H48O3/c1-19(2)34-27(33)17-21-11-13-29(5)25(28(21,3)4)12-15-31(7)26(29)9-8-24-23-18-22(32)16-20(23)10-14-30(24,31)6/h18-21,24-26H,8-17H2,1-7H3. The van der Waals surface area contributed by atoms with Crippen molar-refractivity contribution >= 4 is 11.8 Å². The van der Waals surface area contributed by atoms with Gasteiger partial charge in [-0.15, -0.1) is 0 Å². The molecule has 34 heavy (non-hydrogen) atoms. The minimum Gasteiger partial charge on any atom is -0.463 e. The second kappa shape index (κ2) is 7.94. The fourth-order valence-electron chi connectivity index (χ4n) is 10.7. The summed E-state index contributed by atoms with van der Waals surface area (Å²) in [6.45, 7) is 16.7. The van der Waals surface area contributed by atoms with E-state index in [1.807, 2.05) is 13.8 Å². The third-order valence-corrected chi connectivity index (χ3v) is 12.6. The summed E-state index contributed by atoms with van der Waals surface area (Å²) >= 11 is 0. The number of hydrogen-bond donors (Lipinski definition) is 0. The highest BCUT2D eigenvalue weighted by Crippen LogP contribution is 2.75. The summed E-state index contributed by atoms with van der Waals surface area (Å²) in [7, 11) is 0. The van der Waals surface area contributed by atoms with E-state index in [0.29, 0.717) is 52.1 Å². The second-order valence-electron chi connectivity index (χ2n) is 14.5. The molecule has 0 amide bonds. The van der Waals surface area contributed by atoms with Crippen molar-refractivity contribution < 1.29 is 14.3 Å². The fraction of sp³-hybridized carbons (Fsp3) is 0.871. The van der Waals surface area contributed by atoms with Gasteiger partial charge in [0.05, 0.1) is 6.10 Å². The molecule has 190 valence electrons. The van der Waals surface area contributed by atoms with E-state index in [1.165, 1.54) is 50.5 Å². The third kappa shape index (κ3) is 3.34. The Kier molecular flexibility index (Phi) is 5.74. The minimum absolute atomic E-state index is 0.0125. The van der Waals surface area contributed by atoms with Crippen molar-refractivity contribution in [3.63, 3.8) is 0 Å². The molecular formula is C31H48O3. The summed E-state index contributed by atoms with van der Waals surface area (Å²) in [5, 5.41) is 0. The first-order valence-corrected chi connectivity index (χ1v) is 14.3. The van der Waals surface area contributed by atoms with Crippen LogP contribution in [-0.4, -0.2) is 17.9 Å². The molecule has 0 aromatic carbocycles. The van der Waals surface area contributed by atoms with Gasteiger partial charge in [-0.3, -0.25) is 9.59 Å². The predicted molar refractivity (Wildman–Crippen MR) is 136 cm³/mol. The molecule has 0 radical (unpaired) electrons. The Morgan fingerprint density at radius 2 is 1.65 bits per heavy atom. The average Bonchev–Trinajstić information content (AvgIpc) is 3.10.